The second kappa shape index (κ2) is 7.25. The van der Waals surface area contributed by atoms with Crippen LogP contribution in [0.3, 0.4) is 0 Å². The van der Waals surface area contributed by atoms with E-state index >= 15 is 0 Å². The summed E-state index contributed by atoms with van der Waals surface area (Å²) in [6.45, 7) is 10.1. The third-order valence-electron chi connectivity index (χ3n) is 4.40. The van der Waals surface area contributed by atoms with Crippen molar-refractivity contribution in [1.82, 2.24) is 0 Å². The first kappa shape index (κ1) is 19.4. The zero-order valence-corrected chi connectivity index (χ0v) is 16.0. The number of unbranched alkanes of at least 4 members (excludes halogenated alkanes) is 1. The highest BCUT2D eigenvalue weighted by Gasteiger charge is 2.37. The maximum absolute atomic E-state index is 12.0. The average Bonchev–Trinajstić information content (AvgIpc) is 2.37. The second-order valence-electron chi connectivity index (χ2n) is 6.99. The largest absolute Gasteiger partial charge is 0.432 e. The molecule has 0 amide bonds. The fourth-order valence-electron chi connectivity index (χ4n) is 1.92. The molecule has 0 saturated heterocycles. The quantitative estimate of drug-likeness (QED) is 0.442. The summed E-state index contributed by atoms with van der Waals surface area (Å²) in [5.74, 6) is 0. The standard InChI is InChI=1S/C16H28O4SSi/c1-14-8-10-15(11-9-14)21(17,18)20-13-7-6-12-16(2,3)22(4,5)19/h8-11,19H,6-7,12-13H2,1-5H3. The average molecular weight is 345 g/mol. The molecule has 0 unspecified atom stereocenters. The van der Waals surface area contributed by atoms with Gasteiger partial charge in [0.15, 0.2) is 8.32 Å². The molecule has 1 N–H and O–H groups in total. The van der Waals surface area contributed by atoms with E-state index in [1.165, 1.54) is 0 Å². The van der Waals surface area contributed by atoms with Crippen LogP contribution in [0.4, 0.5) is 0 Å². The molecule has 0 aliphatic rings. The first-order valence-corrected chi connectivity index (χ1v) is 12.0. The van der Waals surface area contributed by atoms with E-state index in [-0.39, 0.29) is 16.5 Å². The molecule has 0 saturated carbocycles. The topological polar surface area (TPSA) is 63.6 Å². The van der Waals surface area contributed by atoms with E-state index in [4.69, 9.17) is 4.18 Å². The Labute approximate surface area is 135 Å². The van der Waals surface area contributed by atoms with Crippen LogP contribution >= 0.6 is 0 Å². The van der Waals surface area contributed by atoms with Gasteiger partial charge < -0.3 is 4.80 Å². The lowest BCUT2D eigenvalue weighted by atomic mass is 10.1. The molecule has 0 atom stereocenters. The van der Waals surface area contributed by atoms with E-state index < -0.39 is 18.4 Å². The minimum Gasteiger partial charge on any atom is -0.432 e. The van der Waals surface area contributed by atoms with Crippen LogP contribution in [0.1, 0.15) is 38.7 Å². The molecule has 0 heterocycles. The van der Waals surface area contributed by atoms with Crippen LogP contribution in [0.25, 0.3) is 0 Å². The van der Waals surface area contributed by atoms with Crippen molar-refractivity contribution in [1.29, 1.82) is 0 Å². The van der Waals surface area contributed by atoms with E-state index in [0.717, 1.165) is 18.4 Å². The Balaban J connectivity index is 2.43. The van der Waals surface area contributed by atoms with Gasteiger partial charge in [-0.2, -0.15) is 8.42 Å². The Hall–Kier alpha value is -0.693. The lowest BCUT2D eigenvalue weighted by Gasteiger charge is -2.35. The summed E-state index contributed by atoms with van der Waals surface area (Å²) in [5.41, 5.74) is 1.01. The molecule has 1 aromatic rings. The zero-order valence-electron chi connectivity index (χ0n) is 14.2. The highest BCUT2D eigenvalue weighted by molar-refractivity contribution is 7.86. The van der Waals surface area contributed by atoms with Crippen molar-refractivity contribution in [3.8, 4) is 0 Å². The van der Waals surface area contributed by atoms with E-state index in [9.17, 15) is 13.2 Å². The number of hydrogen-bond acceptors (Lipinski definition) is 4. The Kier molecular flexibility index (Phi) is 6.38. The van der Waals surface area contributed by atoms with Gasteiger partial charge in [0.1, 0.15) is 0 Å². The van der Waals surface area contributed by atoms with Crippen molar-refractivity contribution in [3.63, 3.8) is 0 Å². The van der Waals surface area contributed by atoms with Crippen LogP contribution < -0.4 is 0 Å². The van der Waals surface area contributed by atoms with Gasteiger partial charge in [-0.05, 0) is 50.0 Å². The van der Waals surface area contributed by atoms with Crippen LogP contribution in [0.2, 0.25) is 18.1 Å². The van der Waals surface area contributed by atoms with Gasteiger partial charge >= 0.3 is 0 Å². The Morgan fingerprint density at radius 3 is 2.18 bits per heavy atom. The number of rotatable bonds is 8. The molecular formula is C16H28O4SSi. The molecule has 0 aromatic heterocycles. The van der Waals surface area contributed by atoms with Gasteiger partial charge in [-0.3, -0.25) is 4.18 Å². The summed E-state index contributed by atoms with van der Waals surface area (Å²) in [5, 5.41) is -0.0805. The first-order chi connectivity index (χ1) is 9.96. The lowest BCUT2D eigenvalue weighted by molar-refractivity contribution is 0.302. The van der Waals surface area contributed by atoms with Crippen LogP contribution in [0, 0.1) is 6.92 Å². The number of hydrogen-bond donors (Lipinski definition) is 1. The van der Waals surface area contributed by atoms with E-state index in [1.807, 2.05) is 20.0 Å². The summed E-state index contributed by atoms with van der Waals surface area (Å²) >= 11 is 0. The summed E-state index contributed by atoms with van der Waals surface area (Å²) in [7, 11) is -5.86. The fourth-order valence-corrected chi connectivity index (χ4v) is 3.65. The molecular weight excluding hydrogens is 316 g/mol. The fraction of sp³-hybridized carbons (Fsp3) is 0.625. The Bertz CT molecular complexity index is 571. The molecule has 0 aliphatic carbocycles. The molecule has 6 heteroatoms. The molecule has 126 valence electrons. The SMILES string of the molecule is Cc1ccc(S(=O)(=O)OCCCCC(C)(C)[Si](C)(C)O)cc1. The Morgan fingerprint density at radius 1 is 1.14 bits per heavy atom. The molecule has 1 rings (SSSR count). The molecule has 0 radical (unpaired) electrons. The van der Waals surface area contributed by atoms with Gasteiger partial charge in [0, 0.05) is 0 Å². The third kappa shape index (κ3) is 5.50. The van der Waals surface area contributed by atoms with Crippen molar-refractivity contribution in [2.75, 3.05) is 6.61 Å². The molecule has 4 nitrogen and oxygen atoms in total. The van der Waals surface area contributed by atoms with Crippen molar-refractivity contribution < 1.29 is 17.4 Å². The summed E-state index contributed by atoms with van der Waals surface area (Å²) in [6.07, 6.45) is 2.38. The summed E-state index contributed by atoms with van der Waals surface area (Å²) in [4.78, 5) is 10.4. The van der Waals surface area contributed by atoms with Crippen LogP contribution in [-0.2, 0) is 14.3 Å². The van der Waals surface area contributed by atoms with Crippen LogP contribution in [0.5, 0.6) is 0 Å². The third-order valence-corrected chi connectivity index (χ3v) is 9.29. The minimum atomic E-state index is -3.66. The van der Waals surface area contributed by atoms with E-state index in [1.54, 1.807) is 24.3 Å². The summed E-state index contributed by atoms with van der Waals surface area (Å²) < 4.78 is 29.1. The predicted molar refractivity (Wildman–Crippen MR) is 91.9 cm³/mol. The monoisotopic (exact) mass is 344 g/mol. The van der Waals surface area contributed by atoms with Crippen molar-refractivity contribution in [2.24, 2.45) is 0 Å². The van der Waals surface area contributed by atoms with Gasteiger partial charge in [-0.15, -0.1) is 0 Å². The van der Waals surface area contributed by atoms with Crippen LogP contribution in [-0.4, -0.2) is 28.1 Å². The normalized spacial score (nSPS) is 13.4. The number of aryl methyl sites for hydroxylation is 1. The van der Waals surface area contributed by atoms with Gasteiger partial charge in [0.05, 0.1) is 11.5 Å². The van der Waals surface area contributed by atoms with Crippen molar-refractivity contribution in [2.45, 2.75) is 63.1 Å². The van der Waals surface area contributed by atoms with Gasteiger partial charge in [0.2, 0.25) is 0 Å². The van der Waals surface area contributed by atoms with Crippen molar-refractivity contribution in [3.05, 3.63) is 29.8 Å². The predicted octanol–water partition coefficient (Wildman–Crippen LogP) is 3.85. The smallest absolute Gasteiger partial charge is 0.296 e. The van der Waals surface area contributed by atoms with Crippen molar-refractivity contribution >= 4 is 18.4 Å². The van der Waals surface area contributed by atoms with Gasteiger partial charge in [-0.1, -0.05) is 38.0 Å². The second-order valence-corrected chi connectivity index (χ2v) is 13.1. The zero-order chi connectivity index (χ0) is 17.0. The number of benzene rings is 1. The van der Waals surface area contributed by atoms with Gasteiger partial charge in [-0.25, -0.2) is 0 Å². The minimum absolute atomic E-state index is 0.0805. The van der Waals surface area contributed by atoms with Crippen LogP contribution in [0.15, 0.2) is 29.2 Å². The van der Waals surface area contributed by atoms with Gasteiger partial charge in [0.25, 0.3) is 10.1 Å². The summed E-state index contributed by atoms with van der Waals surface area (Å²) in [6, 6.07) is 6.64. The highest BCUT2D eigenvalue weighted by Crippen LogP contribution is 2.40. The molecule has 0 fully saturated rings. The molecule has 1 aromatic carbocycles. The molecule has 0 aliphatic heterocycles. The first-order valence-electron chi connectivity index (χ1n) is 7.64. The maximum Gasteiger partial charge on any atom is 0.296 e. The van der Waals surface area contributed by atoms with E-state index in [2.05, 4.69) is 13.8 Å². The maximum atomic E-state index is 12.0. The van der Waals surface area contributed by atoms with E-state index in [0.29, 0.717) is 6.42 Å². The highest BCUT2D eigenvalue weighted by atomic mass is 32.2. The lowest BCUT2D eigenvalue weighted by Crippen LogP contribution is -2.38. The molecule has 22 heavy (non-hydrogen) atoms. The molecule has 0 bridgehead atoms. The Morgan fingerprint density at radius 2 is 1.68 bits per heavy atom. The molecule has 0 spiro atoms.